The molecule has 1 amide bonds. The van der Waals surface area contributed by atoms with Crippen LogP contribution in [0, 0.1) is 10.1 Å². The van der Waals surface area contributed by atoms with Crippen molar-refractivity contribution >= 4 is 44.7 Å². The number of para-hydroxylation sites is 1. The number of rotatable bonds is 4. The molecule has 0 saturated carbocycles. The molecule has 0 saturated heterocycles. The first-order valence-electron chi connectivity index (χ1n) is 9.15. The molecule has 0 unspecified atom stereocenters. The quantitative estimate of drug-likeness (QED) is 0.363. The number of fused-ring (bicyclic) bond motifs is 2. The molecule has 0 bridgehead atoms. The maximum atomic E-state index is 13.0. The molecule has 3 aromatic rings. The summed E-state index contributed by atoms with van der Waals surface area (Å²) in [5.41, 5.74) is 1.90. The molecular weight excluding hydrogens is 392 g/mol. The van der Waals surface area contributed by atoms with E-state index >= 15 is 0 Å². The Bertz CT molecular complexity index is 1140. The van der Waals surface area contributed by atoms with Gasteiger partial charge in [-0.05, 0) is 44.0 Å². The monoisotopic (exact) mass is 410 g/mol. The molecule has 1 aliphatic heterocycles. The van der Waals surface area contributed by atoms with Gasteiger partial charge in [0.25, 0.3) is 11.6 Å². The molecule has 29 heavy (non-hydrogen) atoms. The van der Waals surface area contributed by atoms with Crippen LogP contribution >= 0.6 is 11.3 Å². The zero-order valence-electron chi connectivity index (χ0n) is 15.8. The van der Waals surface area contributed by atoms with Crippen LogP contribution in [0.1, 0.15) is 29.1 Å². The number of hydrogen-bond donors (Lipinski definition) is 0. The van der Waals surface area contributed by atoms with E-state index in [-0.39, 0.29) is 17.6 Å². The molecule has 148 valence electrons. The topological polar surface area (TPSA) is 89.8 Å². The third-order valence-corrected chi connectivity index (χ3v) is 6.08. The van der Waals surface area contributed by atoms with E-state index in [0.717, 1.165) is 22.4 Å². The number of nitro groups is 1. The van der Waals surface area contributed by atoms with Gasteiger partial charge in [-0.15, -0.1) is 11.3 Å². The minimum atomic E-state index is -0.948. The van der Waals surface area contributed by atoms with E-state index in [1.807, 2.05) is 31.2 Å². The first-order chi connectivity index (χ1) is 13.8. The Morgan fingerprint density at radius 1 is 1.24 bits per heavy atom. The molecule has 1 aliphatic rings. The van der Waals surface area contributed by atoms with Crippen molar-refractivity contribution in [2.24, 2.45) is 0 Å². The second kappa shape index (κ2) is 7.29. The molecule has 1 aromatic heterocycles. The first-order valence-corrected chi connectivity index (χ1v) is 9.96. The summed E-state index contributed by atoms with van der Waals surface area (Å²) in [6, 6.07) is 13.7. The van der Waals surface area contributed by atoms with Gasteiger partial charge < -0.3 is 9.64 Å². The Morgan fingerprint density at radius 2 is 2.00 bits per heavy atom. The van der Waals surface area contributed by atoms with Gasteiger partial charge in [0.15, 0.2) is 6.10 Å². The first kappa shape index (κ1) is 19.1. The van der Waals surface area contributed by atoms with Crippen molar-refractivity contribution in [1.82, 2.24) is 0 Å². The standard InChI is InChI=1S/C21H18N2O5S/c1-12-9-14-5-3-4-6-17(14)22(12)20(24)13(2)28-21(25)19-11-15-10-16(23(26)27)7-8-18(15)29-19/h3-8,10-13H,9H2,1-2H3/t12-,13-/m1/s1. The maximum absolute atomic E-state index is 13.0. The van der Waals surface area contributed by atoms with Crippen molar-refractivity contribution < 1.29 is 19.2 Å². The highest BCUT2D eigenvalue weighted by Gasteiger charge is 2.34. The zero-order chi connectivity index (χ0) is 20.7. The molecule has 0 N–H and O–H groups in total. The number of esters is 1. The third kappa shape index (κ3) is 3.47. The van der Waals surface area contributed by atoms with Crippen molar-refractivity contribution in [2.75, 3.05) is 4.90 Å². The summed E-state index contributed by atoms with van der Waals surface area (Å²) in [6.07, 6.45) is -0.187. The van der Waals surface area contributed by atoms with Crippen molar-refractivity contribution in [1.29, 1.82) is 0 Å². The number of non-ortho nitro benzene ring substituents is 1. The Kier molecular flexibility index (Phi) is 4.79. The summed E-state index contributed by atoms with van der Waals surface area (Å²) in [4.78, 5) is 38.0. The van der Waals surface area contributed by atoms with Crippen LogP contribution in [0.3, 0.4) is 0 Å². The van der Waals surface area contributed by atoms with Gasteiger partial charge in [0, 0.05) is 33.9 Å². The summed E-state index contributed by atoms with van der Waals surface area (Å²) in [5, 5.41) is 11.5. The van der Waals surface area contributed by atoms with Crippen LogP contribution in [0.15, 0.2) is 48.5 Å². The Morgan fingerprint density at radius 3 is 2.76 bits per heavy atom. The lowest BCUT2D eigenvalue weighted by molar-refractivity contribution is -0.384. The predicted octanol–water partition coefficient (Wildman–Crippen LogP) is 4.33. The van der Waals surface area contributed by atoms with Gasteiger partial charge in [-0.2, -0.15) is 0 Å². The molecule has 2 heterocycles. The SMILES string of the molecule is C[C@@H]1Cc2ccccc2N1C(=O)[C@@H](C)OC(=O)c1cc2cc([N+](=O)[O-])ccc2s1. The lowest BCUT2D eigenvalue weighted by atomic mass is 10.1. The minimum absolute atomic E-state index is 0.00840. The third-order valence-electron chi connectivity index (χ3n) is 4.99. The highest BCUT2D eigenvalue weighted by Crippen LogP contribution is 2.33. The van der Waals surface area contributed by atoms with Crippen LogP contribution in [-0.2, 0) is 16.0 Å². The number of carbonyl (C=O) groups excluding carboxylic acids is 2. The molecular formula is C21H18N2O5S. The molecule has 0 aliphatic carbocycles. The molecule has 4 rings (SSSR count). The van der Waals surface area contributed by atoms with Crippen LogP contribution in [0.4, 0.5) is 11.4 Å². The fourth-order valence-electron chi connectivity index (χ4n) is 3.61. The molecule has 2 aromatic carbocycles. The lowest BCUT2D eigenvalue weighted by Crippen LogP contribution is -2.43. The van der Waals surface area contributed by atoms with E-state index in [0.29, 0.717) is 10.3 Å². The van der Waals surface area contributed by atoms with E-state index in [9.17, 15) is 19.7 Å². The van der Waals surface area contributed by atoms with Gasteiger partial charge in [0.05, 0.1) is 4.92 Å². The molecule has 0 radical (unpaired) electrons. The van der Waals surface area contributed by atoms with Gasteiger partial charge in [-0.1, -0.05) is 18.2 Å². The van der Waals surface area contributed by atoms with Gasteiger partial charge >= 0.3 is 5.97 Å². The van der Waals surface area contributed by atoms with E-state index in [4.69, 9.17) is 4.74 Å². The van der Waals surface area contributed by atoms with E-state index < -0.39 is 17.0 Å². The van der Waals surface area contributed by atoms with Crippen LogP contribution in [0.2, 0.25) is 0 Å². The molecule has 0 spiro atoms. The van der Waals surface area contributed by atoms with E-state index in [1.165, 1.54) is 23.5 Å². The molecule has 8 heteroatoms. The number of carbonyl (C=O) groups is 2. The van der Waals surface area contributed by atoms with Crippen LogP contribution in [0.25, 0.3) is 10.1 Å². The Balaban J connectivity index is 1.51. The summed E-state index contributed by atoms with van der Waals surface area (Å²) in [7, 11) is 0. The summed E-state index contributed by atoms with van der Waals surface area (Å²) in [5.74, 6) is -0.887. The molecule has 7 nitrogen and oxygen atoms in total. The average molecular weight is 410 g/mol. The number of benzene rings is 2. The van der Waals surface area contributed by atoms with Crippen molar-refractivity contribution in [3.8, 4) is 0 Å². The van der Waals surface area contributed by atoms with Crippen LogP contribution in [-0.4, -0.2) is 28.9 Å². The fraction of sp³-hybridized carbons (Fsp3) is 0.238. The smallest absolute Gasteiger partial charge is 0.349 e. The molecule has 0 fully saturated rings. The number of ether oxygens (including phenoxy) is 1. The number of anilines is 1. The van der Waals surface area contributed by atoms with Crippen molar-refractivity contribution in [3.63, 3.8) is 0 Å². The van der Waals surface area contributed by atoms with Crippen LogP contribution in [0.5, 0.6) is 0 Å². The van der Waals surface area contributed by atoms with Gasteiger partial charge in [-0.3, -0.25) is 14.9 Å². The summed E-state index contributed by atoms with van der Waals surface area (Å²) < 4.78 is 6.17. The number of thiophene rings is 1. The average Bonchev–Trinajstić information content (AvgIpc) is 3.26. The zero-order valence-corrected chi connectivity index (χ0v) is 16.6. The van der Waals surface area contributed by atoms with Gasteiger partial charge in [0.1, 0.15) is 4.88 Å². The van der Waals surface area contributed by atoms with Gasteiger partial charge in [-0.25, -0.2) is 4.79 Å². The molecule has 2 atom stereocenters. The Labute approximate surface area is 170 Å². The number of nitro benzene ring substituents is 1. The second-order valence-corrected chi connectivity index (χ2v) is 8.11. The fourth-order valence-corrected chi connectivity index (χ4v) is 4.54. The van der Waals surface area contributed by atoms with Gasteiger partial charge in [0.2, 0.25) is 0 Å². The predicted molar refractivity (Wildman–Crippen MR) is 110 cm³/mol. The number of nitrogens with zero attached hydrogens (tertiary/aromatic N) is 2. The van der Waals surface area contributed by atoms with Crippen molar-refractivity contribution in [3.05, 3.63) is 69.1 Å². The van der Waals surface area contributed by atoms with E-state index in [2.05, 4.69) is 0 Å². The highest BCUT2D eigenvalue weighted by molar-refractivity contribution is 7.20. The minimum Gasteiger partial charge on any atom is -0.448 e. The lowest BCUT2D eigenvalue weighted by Gasteiger charge is -2.25. The second-order valence-electron chi connectivity index (χ2n) is 7.03. The summed E-state index contributed by atoms with van der Waals surface area (Å²) >= 11 is 1.18. The maximum Gasteiger partial charge on any atom is 0.349 e. The van der Waals surface area contributed by atoms with E-state index in [1.54, 1.807) is 24.0 Å². The largest absolute Gasteiger partial charge is 0.448 e. The normalized spacial score (nSPS) is 16.5. The Hall–Kier alpha value is -3.26. The van der Waals surface area contributed by atoms with Crippen molar-refractivity contribution in [2.45, 2.75) is 32.4 Å². The van der Waals surface area contributed by atoms with Crippen LogP contribution < -0.4 is 4.90 Å². The number of hydrogen-bond acceptors (Lipinski definition) is 6. The highest BCUT2D eigenvalue weighted by atomic mass is 32.1. The summed E-state index contributed by atoms with van der Waals surface area (Å²) in [6.45, 7) is 3.53. The number of amides is 1.